The molecule has 0 radical (unpaired) electrons. The molecule has 13 heteroatoms. The van der Waals surface area contributed by atoms with E-state index in [0.717, 1.165) is 15.6 Å². The highest BCUT2D eigenvalue weighted by Crippen LogP contribution is 2.22. The van der Waals surface area contributed by atoms with E-state index in [0.29, 0.717) is 0 Å². The number of hydrogen-bond acceptors (Lipinski definition) is 5. The van der Waals surface area contributed by atoms with E-state index < -0.39 is 52.2 Å². The molecule has 0 saturated heterocycles. The molecule has 1 aromatic carbocycles. The van der Waals surface area contributed by atoms with Crippen molar-refractivity contribution in [2.24, 2.45) is 0 Å². The highest BCUT2D eigenvalue weighted by molar-refractivity contribution is 5.92. The average molecular weight is 426 g/mol. The normalized spacial score (nSPS) is 12.1. The van der Waals surface area contributed by atoms with Crippen molar-refractivity contribution in [2.45, 2.75) is 26.4 Å². The summed E-state index contributed by atoms with van der Waals surface area (Å²) in [5.74, 6) is -6.79. The smallest absolute Gasteiger partial charge is 0.307 e. The zero-order valence-corrected chi connectivity index (χ0v) is 15.6. The number of halogens is 4. The fourth-order valence-electron chi connectivity index (χ4n) is 2.77. The lowest BCUT2D eigenvalue weighted by atomic mass is 10.2. The van der Waals surface area contributed by atoms with Gasteiger partial charge in [0.25, 0.3) is 0 Å². The number of hydrogen-bond donors (Lipinski definition) is 1. The van der Waals surface area contributed by atoms with Crippen molar-refractivity contribution in [3.05, 3.63) is 69.2 Å². The second-order valence-corrected chi connectivity index (χ2v) is 6.33. The van der Waals surface area contributed by atoms with Crippen LogP contribution in [-0.4, -0.2) is 30.4 Å². The molecule has 0 bridgehead atoms. The lowest BCUT2D eigenvalue weighted by Gasteiger charge is -2.12. The summed E-state index contributed by atoms with van der Waals surface area (Å²) in [6.07, 6.45) is 2.26. The van der Waals surface area contributed by atoms with Crippen LogP contribution in [0.5, 0.6) is 0 Å². The number of nitrogens with zero attached hydrogens (tertiary/aromatic N) is 5. The van der Waals surface area contributed by atoms with Gasteiger partial charge in [-0.15, -0.1) is 0 Å². The molecule has 0 saturated carbocycles. The SMILES string of the molecule is Cc1c([N+](=O)[O-])cnn1C(C)C(=O)Nc1ccn(Cc2c(F)c(F)cc(F)c2F)n1. The number of nitrogens with one attached hydrogen (secondary N) is 1. The number of nitro groups is 1. The molecule has 1 N–H and O–H groups in total. The molecule has 1 amide bonds. The van der Waals surface area contributed by atoms with Crippen molar-refractivity contribution < 1.29 is 27.3 Å². The Hall–Kier alpha value is -3.77. The fraction of sp³-hybridized carbons (Fsp3) is 0.235. The van der Waals surface area contributed by atoms with E-state index in [1.807, 2.05) is 0 Å². The number of rotatable bonds is 6. The first kappa shape index (κ1) is 21.0. The van der Waals surface area contributed by atoms with Crippen molar-refractivity contribution in [1.29, 1.82) is 0 Å². The largest absolute Gasteiger partial charge is 0.309 e. The molecule has 0 spiro atoms. The molecule has 1 atom stereocenters. The van der Waals surface area contributed by atoms with Gasteiger partial charge in [0.1, 0.15) is 17.9 Å². The van der Waals surface area contributed by atoms with Crippen LogP contribution in [0.3, 0.4) is 0 Å². The molecule has 158 valence electrons. The standard InChI is InChI=1S/C17H14F4N6O3/c1-8-13(27(29)30)6-22-26(8)9(2)17(28)23-14-3-4-25(24-14)7-10-15(20)11(18)5-12(19)16(10)21/h3-6,9H,7H2,1-2H3,(H,23,24,28). The average Bonchev–Trinajstić information content (AvgIpc) is 3.29. The van der Waals surface area contributed by atoms with Gasteiger partial charge in [-0.05, 0) is 13.8 Å². The summed E-state index contributed by atoms with van der Waals surface area (Å²) in [5, 5.41) is 21.0. The molecule has 0 aliphatic carbocycles. The Kier molecular flexibility index (Phi) is 5.54. The molecule has 2 heterocycles. The molecular weight excluding hydrogens is 412 g/mol. The number of aromatic nitrogens is 4. The van der Waals surface area contributed by atoms with E-state index in [1.165, 1.54) is 26.1 Å². The molecule has 30 heavy (non-hydrogen) atoms. The van der Waals surface area contributed by atoms with Crippen LogP contribution in [0.2, 0.25) is 0 Å². The third kappa shape index (κ3) is 3.86. The van der Waals surface area contributed by atoms with Gasteiger partial charge >= 0.3 is 5.69 Å². The van der Waals surface area contributed by atoms with Gasteiger partial charge in [0.05, 0.1) is 17.0 Å². The van der Waals surface area contributed by atoms with Crippen molar-refractivity contribution in [2.75, 3.05) is 5.32 Å². The molecule has 0 aliphatic rings. The van der Waals surface area contributed by atoms with Gasteiger partial charge in [0.2, 0.25) is 5.91 Å². The first-order valence-corrected chi connectivity index (χ1v) is 8.44. The first-order valence-electron chi connectivity index (χ1n) is 8.44. The Balaban J connectivity index is 1.75. The van der Waals surface area contributed by atoms with E-state index >= 15 is 0 Å². The van der Waals surface area contributed by atoms with E-state index in [9.17, 15) is 32.5 Å². The summed E-state index contributed by atoms with van der Waals surface area (Å²) in [6, 6.07) is 0.469. The summed E-state index contributed by atoms with van der Waals surface area (Å²) in [5.41, 5.74) is -0.932. The summed E-state index contributed by atoms with van der Waals surface area (Å²) in [4.78, 5) is 22.7. The highest BCUT2D eigenvalue weighted by Gasteiger charge is 2.24. The second-order valence-electron chi connectivity index (χ2n) is 6.33. The van der Waals surface area contributed by atoms with E-state index in [-0.39, 0.29) is 23.3 Å². The van der Waals surface area contributed by atoms with Gasteiger partial charge in [-0.25, -0.2) is 17.6 Å². The zero-order valence-electron chi connectivity index (χ0n) is 15.6. The van der Waals surface area contributed by atoms with Gasteiger partial charge in [-0.1, -0.05) is 0 Å². The molecule has 3 rings (SSSR count). The van der Waals surface area contributed by atoms with Gasteiger partial charge in [-0.3, -0.25) is 24.3 Å². The van der Waals surface area contributed by atoms with Crippen molar-refractivity contribution >= 4 is 17.4 Å². The lowest BCUT2D eigenvalue weighted by Crippen LogP contribution is -2.25. The van der Waals surface area contributed by atoms with Gasteiger partial charge in [-0.2, -0.15) is 10.2 Å². The highest BCUT2D eigenvalue weighted by atomic mass is 19.2. The second kappa shape index (κ2) is 7.93. The maximum absolute atomic E-state index is 13.8. The van der Waals surface area contributed by atoms with E-state index in [2.05, 4.69) is 15.5 Å². The summed E-state index contributed by atoms with van der Waals surface area (Å²) >= 11 is 0. The van der Waals surface area contributed by atoms with Crippen molar-refractivity contribution in [1.82, 2.24) is 19.6 Å². The van der Waals surface area contributed by atoms with E-state index in [4.69, 9.17) is 0 Å². The minimum Gasteiger partial charge on any atom is -0.307 e. The number of anilines is 1. The van der Waals surface area contributed by atoms with Gasteiger partial charge in [0, 0.05) is 18.3 Å². The minimum atomic E-state index is -1.54. The molecule has 1 unspecified atom stereocenters. The number of carbonyl (C=O) groups is 1. The Morgan fingerprint density at radius 1 is 1.27 bits per heavy atom. The first-order chi connectivity index (χ1) is 14.1. The van der Waals surface area contributed by atoms with Crippen LogP contribution in [0.1, 0.15) is 24.2 Å². The van der Waals surface area contributed by atoms with Crippen LogP contribution >= 0.6 is 0 Å². The third-order valence-corrected chi connectivity index (χ3v) is 4.38. The molecular formula is C17H14F4N6O3. The molecule has 3 aromatic rings. The fourth-order valence-corrected chi connectivity index (χ4v) is 2.77. The van der Waals surface area contributed by atoms with Gasteiger partial charge < -0.3 is 5.32 Å². The van der Waals surface area contributed by atoms with Crippen LogP contribution in [0.15, 0.2) is 24.5 Å². The number of amides is 1. The summed E-state index contributed by atoms with van der Waals surface area (Å²) in [7, 11) is 0. The summed E-state index contributed by atoms with van der Waals surface area (Å²) < 4.78 is 56.3. The molecule has 2 aromatic heterocycles. The van der Waals surface area contributed by atoms with E-state index in [1.54, 1.807) is 0 Å². The predicted molar refractivity (Wildman–Crippen MR) is 94.6 cm³/mol. The molecule has 0 fully saturated rings. The predicted octanol–water partition coefficient (Wildman–Crippen LogP) is 3.10. The van der Waals surface area contributed by atoms with Crippen molar-refractivity contribution in [3.8, 4) is 0 Å². The Bertz CT molecular complexity index is 1120. The maximum atomic E-state index is 13.8. The summed E-state index contributed by atoms with van der Waals surface area (Å²) in [6.45, 7) is 2.27. The Labute approximate surface area is 166 Å². The Morgan fingerprint density at radius 2 is 1.90 bits per heavy atom. The third-order valence-electron chi connectivity index (χ3n) is 4.38. The lowest BCUT2D eigenvalue weighted by molar-refractivity contribution is -0.385. The van der Waals surface area contributed by atoms with Crippen molar-refractivity contribution in [3.63, 3.8) is 0 Å². The number of benzene rings is 1. The zero-order chi connectivity index (χ0) is 22.2. The quantitative estimate of drug-likeness (QED) is 0.282. The van der Waals surface area contributed by atoms with Crippen LogP contribution in [-0.2, 0) is 11.3 Å². The topological polar surface area (TPSA) is 108 Å². The Morgan fingerprint density at radius 3 is 2.47 bits per heavy atom. The molecule has 9 nitrogen and oxygen atoms in total. The van der Waals surface area contributed by atoms with Gasteiger partial charge in [0.15, 0.2) is 29.1 Å². The molecule has 0 aliphatic heterocycles. The number of carbonyl (C=O) groups excluding carboxylic acids is 1. The maximum Gasteiger partial charge on any atom is 0.309 e. The van der Waals surface area contributed by atoms with Crippen LogP contribution < -0.4 is 5.32 Å². The van der Waals surface area contributed by atoms with Crippen LogP contribution in [0, 0.1) is 40.3 Å². The minimum absolute atomic E-state index is 0.0103. The van der Waals surface area contributed by atoms with Crippen LogP contribution in [0.4, 0.5) is 29.1 Å². The monoisotopic (exact) mass is 426 g/mol. The van der Waals surface area contributed by atoms with Crippen LogP contribution in [0.25, 0.3) is 0 Å².